The molecule has 0 atom stereocenters. The van der Waals surface area contributed by atoms with E-state index in [2.05, 4.69) is 19.8 Å². The van der Waals surface area contributed by atoms with Crippen LogP contribution in [0.15, 0.2) is 18.3 Å². The number of fused-ring (bicyclic) bond motifs is 1. The number of pyridine rings is 1. The first kappa shape index (κ1) is 13.6. The Morgan fingerprint density at radius 3 is 2.81 bits per heavy atom. The van der Waals surface area contributed by atoms with Gasteiger partial charge in [-0.15, -0.1) is 15.3 Å². The molecule has 0 N–H and O–H groups in total. The average molecular weight is 303 g/mol. The van der Waals surface area contributed by atoms with E-state index in [1.165, 1.54) is 18.6 Å². The van der Waals surface area contributed by atoms with Crippen molar-refractivity contribution in [1.82, 2.24) is 24.2 Å². The molecule has 0 unspecified atom stereocenters. The van der Waals surface area contributed by atoms with E-state index in [0.29, 0.717) is 17.0 Å². The largest absolute Gasteiger partial charge is 0.465 e. The Morgan fingerprint density at radius 2 is 2.10 bits per heavy atom. The maximum absolute atomic E-state index is 11.7. The second-order valence-corrected chi connectivity index (χ2v) is 5.56. The van der Waals surface area contributed by atoms with E-state index in [4.69, 9.17) is 4.74 Å². The van der Waals surface area contributed by atoms with E-state index < -0.39 is 5.97 Å². The second-order valence-electron chi connectivity index (χ2n) is 4.80. The molecule has 0 aliphatic rings. The highest BCUT2D eigenvalue weighted by atomic mass is 32.1. The number of carbonyl (C=O) groups excluding carboxylic acids is 1. The van der Waals surface area contributed by atoms with Gasteiger partial charge in [-0.2, -0.15) is 0 Å². The van der Waals surface area contributed by atoms with Gasteiger partial charge in [0.05, 0.1) is 18.4 Å². The molecular formula is C13H13N5O2S. The van der Waals surface area contributed by atoms with E-state index in [1.54, 1.807) is 22.7 Å². The molecule has 0 saturated carbocycles. The van der Waals surface area contributed by atoms with Gasteiger partial charge in [-0.1, -0.05) is 18.3 Å². The third kappa shape index (κ3) is 2.27. The minimum atomic E-state index is -0.400. The van der Waals surface area contributed by atoms with E-state index in [1.807, 2.05) is 13.8 Å². The molecule has 3 aromatic heterocycles. The Balaban J connectivity index is 2.19. The van der Waals surface area contributed by atoms with Gasteiger partial charge in [-0.3, -0.25) is 4.40 Å². The lowest BCUT2D eigenvalue weighted by molar-refractivity contribution is 0.0600. The SMILES string of the molecule is COC(=O)c1ccc2nnc(-c3snnc3C(C)C)n2c1. The highest BCUT2D eigenvalue weighted by Crippen LogP contribution is 2.29. The number of rotatable bonds is 3. The highest BCUT2D eigenvalue weighted by Gasteiger charge is 2.19. The summed E-state index contributed by atoms with van der Waals surface area (Å²) in [6.07, 6.45) is 1.67. The van der Waals surface area contributed by atoms with Crippen LogP contribution in [0, 0.1) is 0 Å². The summed E-state index contributed by atoms with van der Waals surface area (Å²) in [6, 6.07) is 3.39. The number of ether oxygens (including phenoxy) is 1. The molecule has 3 rings (SSSR count). The van der Waals surface area contributed by atoms with Crippen LogP contribution in [0.4, 0.5) is 0 Å². The first-order chi connectivity index (χ1) is 10.1. The van der Waals surface area contributed by atoms with Crippen molar-refractivity contribution >= 4 is 23.1 Å². The predicted molar refractivity (Wildman–Crippen MR) is 77.3 cm³/mol. The van der Waals surface area contributed by atoms with Crippen LogP contribution in [0.2, 0.25) is 0 Å². The second kappa shape index (κ2) is 5.21. The molecule has 3 heterocycles. The summed E-state index contributed by atoms with van der Waals surface area (Å²) in [7, 11) is 1.35. The van der Waals surface area contributed by atoms with Gasteiger partial charge in [0.15, 0.2) is 11.5 Å². The molecule has 8 heteroatoms. The Labute approximate surface area is 124 Å². The van der Waals surface area contributed by atoms with Crippen molar-refractivity contribution in [2.75, 3.05) is 7.11 Å². The molecule has 0 aliphatic carbocycles. The Bertz CT molecular complexity index is 808. The van der Waals surface area contributed by atoms with Gasteiger partial charge in [-0.05, 0) is 29.6 Å². The van der Waals surface area contributed by atoms with Crippen molar-refractivity contribution < 1.29 is 9.53 Å². The zero-order valence-electron chi connectivity index (χ0n) is 11.8. The topological polar surface area (TPSA) is 82.3 Å². The van der Waals surface area contributed by atoms with E-state index in [-0.39, 0.29) is 5.92 Å². The number of esters is 1. The minimum absolute atomic E-state index is 0.231. The van der Waals surface area contributed by atoms with Gasteiger partial charge in [0, 0.05) is 6.20 Å². The first-order valence-electron chi connectivity index (χ1n) is 6.37. The van der Waals surface area contributed by atoms with Crippen molar-refractivity contribution in [2.45, 2.75) is 19.8 Å². The molecule has 108 valence electrons. The molecule has 0 spiro atoms. The van der Waals surface area contributed by atoms with Crippen LogP contribution in [0.3, 0.4) is 0 Å². The molecule has 0 aromatic carbocycles. The third-order valence-corrected chi connectivity index (χ3v) is 3.82. The van der Waals surface area contributed by atoms with Gasteiger partial charge < -0.3 is 4.74 Å². The fraction of sp³-hybridized carbons (Fsp3) is 0.308. The highest BCUT2D eigenvalue weighted by molar-refractivity contribution is 7.09. The lowest BCUT2D eigenvalue weighted by Gasteiger charge is -2.04. The van der Waals surface area contributed by atoms with Gasteiger partial charge in [0.1, 0.15) is 4.88 Å². The van der Waals surface area contributed by atoms with Crippen LogP contribution < -0.4 is 0 Å². The maximum Gasteiger partial charge on any atom is 0.339 e. The summed E-state index contributed by atoms with van der Waals surface area (Å²) in [6.45, 7) is 4.09. The lowest BCUT2D eigenvalue weighted by atomic mass is 10.1. The fourth-order valence-corrected chi connectivity index (χ4v) is 2.82. The molecule has 0 radical (unpaired) electrons. The third-order valence-electron chi connectivity index (χ3n) is 3.09. The van der Waals surface area contributed by atoms with Gasteiger partial charge in [-0.25, -0.2) is 4.79 Å². The smallest absolute Gasteiger partial charge is 0.339 e. The molecule has 0 aliphatic heterocycles. The quantitative estimate of drug-likeness (QED) is 0.690. The van der Waals surface area contributed by atoms with Crippen LogP contribution in [0.5, 0.6) is 0 Å². The van der Waals surface area contributed by atoms with E-state index in [9.17, 15) is 4.79 Å². The van der Waals surface area contributed by atoms with E-state index >= 15 is 0 Å². The fourth-order valence-electron chi connectivity index (χ4n) is 2.01. The number of carbonyl (C=O) groups is 1. The van der Waals surface area contributed by atoms with Gasteiger partial charge in [0.2, 0.25) is 0 Å². The first-order valence-corrected chi connectivity index (χ1v) is 7.15. The summed E-state index contributed by atoms with van der Waals surface area (Å²) in [5, 5.41) is 12.5. The van der Waals surface area contributed by atoms with Crippen LogP contribution in [-0.2, 0) is 4.74 Å². The summed E-state index contributed by atoms with van der Waals surface area (Å²) in [4.78, 5) is 12.5. The summed E-state index contributed by atoms with van der Waals surface area (Å²) < 4.78 is 10.5. The number of hydrogen-bond acceptors (Lipinski definition) is 7. The summed E-state index contributed by atoms with van der Waals surface area (Å²) in [5.41, 5.74) is 1.97. The number of aromatic nitrogens is 5. The van der Waals surface area contributed by atoms with Crippen molar-refractivity contribution in [1.29, 1.82) is 0 Å². The zero-order valence-corrected chi connectivity index (χ0v) is 12.6. The van der Waals surface area contributed by atoms with E-state index in [0.717, 1.165) is 10.6 Å². The zero-order chi connectivity index (χ0) is 15.0. The van der Waals surface area contributed by atoms with Crippen LogP contribution >= 0.6 is 11.5 Å². The van der Waals surface area contributed by atoms with Crippen molar-refractivity contribution in [2.24, 2.45) is 0 Å². The Kier molecular flexibility index (Phi) is 3.38. The molecular weight excluding hydrogens is 290 g/mol. The molecule has 0 amide bonds. The van der Waals surface area contributed by atoms with Crippen molar-refractivity contribution in [3.05, 3.63) is 29.6 Å². The Morgan fingerprint density at radius 1 is 1.29 bits per heavy atom. The normalized spacial score (nSPS) is 11.2. The predicted octanol–water partition coefficient (Wildman–Crippen LogP) is 2.16. The Hall–Kier alpha value is -2.35. The summed E-state index contributed by atoms with van der Waals surface area (Å²) in [5.74, 6) is 0.465. The molecule has 3 aromatic rings. The number of hydrogen-bond donors (Lipinski definition) is 0. The van der Waals surface area contributed by atoms with Gasteiger partial charge in [0.25, 0.3) is 0 Å². The van der Waals surface area contributed by atoms with Crippen molar-refractivity contribution in [3.8, 4) is 10.7 Å². The molecule has 0 fully saturated rings. The van der Waals surface area contributed by atoms with Crippen LogP contribution in [0.25, 0.3) is 16.3 Å². The monoisotopic (exact) mass is 303 g/mol. The molecule has 0 saturated heterocycles. The standard InChI is InChI=1S/C13H13N5O2S/c1-7(2)10-11(21-17-15-10)12-16-14-9-5-4-8(6-18(9)12)13(19)20-3/h4-7H,1-3H3. The van der Waals surface area contributed by atoms with Crippen LogP contribution in [-0.4, -0.2) is 37.3 Å². The minimum Gasteiger partial charge on any atom is -0.465 e. The maximum atomic E-state index is 11.7. The van der Waals surface area contributed by atoms with Crippen molar-refractivity contribution in [3.63, 3.8) is 0 Å². The number of methoxy groups -OCH3 is 1. The lowest BCUT2D eigenvalue weighted by Crippen LogP contribution is -2.03. The number of nitrogens with zero attached hydrogens (tertiary/aromatic N) is 5. The summed E-state index contributed by atoms with van der Waals surface area (Å²) >= 11 is 1.27. The van der Waals surface area contributed by atoms with Gasteiger partial charge >= 0.3 is 5.97 Å². The van der Waals surface area contributed by atoms with Crippen LogP contribution in [0.1, 0.15) is 35.8 Å². The molecule has 0 bridgehead atoms. The molecule has 21 heavy (non-hydrogen) atoms. The molecule has 7 nitrogen and oxygen atoms in total. The average Bonchev–Trinajstić information content (AvgIpc) is 3.11.